The van der Waals surface area contributed by atoms with Crippen LogP contribution in [0, 0.1) is 0 Å². The van der Waals surface area contributed by atoms with E-state index in [9.17, 15) is 13.2 Å². The van der Waals surface area contributed by atoms with Gasteiger partial charge in [-0.2, -0.15) is 4.31 Å². The molecule has 1 fully saturated rings. The first-order valence-corrected chi connectivity index (χ1v) is 15.2. The summed E-state index contributed by atoms with van der Waals surface area (Å²) in [6.45, 7) is 5.73. The standard InChI is InChI=1S/C28H37Cl2N3O4S/c1-3-4-5-12-28(34)32(15-8-10-23-9-6-7-11-26(23)37-2)19-16-31-17-20-33(21-18-31)38(35,36)27-22-24(29)13-14-25(27)30/h6-11,13-14,22H,3-5,12,15-21H2,1-2H3/b10-8+. The van der Waals surface area contributed by atoms with Crippen LogP contribution < -0.4 is 4.74 Å². The molecule has 0 spiro atoms. The fourth-order valence-electron chi connectivity index (χ4n) is 4.38. The fourth-order valence-corrected chi connectivity index (χ4v) is 6.54. The van der Waals surface area contributed by atoms with Gasteiger partial charge in [-0.1, -0.05) is 73.3 Å². The second-order valence-electron chi connectivity index (χ2n) is 9.26. The molecule has 0 bridgehead atoms. The van der Waals surface area contributed by atoms with Crippen molar-refractivity contribution >= 4 is 45.2 Å². The van der Waals surface area contributed by atoms with Crippen molar-refractivity contribution < 1.29 is 17.9 Å². The zero-order chi connectivity index (χ0) is 27.5. The van der Waals surface area contributed by atoms with E-state index in [1.807, 2.05) is 41.3 Å². The van der Waals surface area contributed by atoms with Crippen molar-refractivity contribution in [3.8, 4) is 5.75 Å². The molecule has 0 N–H and O–H groups in total. The average Bonchev–Trinajstić information content (AvgIpc) is 2.92. The van der Waals surface area contributed by atoms with Crippen LogP contribution in [0.4, 0.5) is 0 Å². The van der Waals surface area contributed by atoms with Crippen LogP contribution in [0.3, 0.4) is 0 Å². The Morgan fingerprint density at radius 2 is 1.82 bits per heavy atom. The van der Waals surface area contributed by atoms with Gasteiger partial charge in [-0.3, -0.25) is 9.69 Å². The molecule has 1 amide bonds. The first-order valence-electron chi connectivity index (χ1n) is 13.0. The molecule has 3 rings (SSSR count). The highest BCUT2D eigenvalue weighted by Crippen LogP contribution is 2.28. The maximum atomic E-state index is 13.1. The Hall–Kier alpha value is -2.10. The van der Waals surface area contributed by atoms with Crippen molar-refractivity contribution in [3.05, 3.63) is 64.1 Å². The topological polar surface area (TPSA) is 70.2 Å². The van der Waals surface area contributed by atoms with Crippen molar-refractivity contribution in [2.45, 2.75) is 37.5 Å². The normalized spacial score (nSPS) is 15.2. The molecule has 0 aromatic heterocycles. The first kappa shape index (κ1) is 30.4. The minimum Gasteiger partial charge on any atom is -0.496 e. The van der Waals surface area contributed by atoms with Crippen LogP contribution in [0.5, 0.6) is 5.75 Å². The lowest BCUT2D eigenvalue weighted by molar-refractivity contribution is -0.131. The highest BCUT2D eigenvalue weighted by Gasteiger charge is 2.30. The molecular formula is C28H37Cl2N3O4S. The monoisotopic (exact) mass is 581 g/mol. The van der Waals surface area contributed by atoms with E-state index in [1.165, 1.54) is 16.4 Å². The summed E-state index contributed by atoms with van der Waals surface area (Å²) >= 11 is 12.2. The number of sulfonamides is 1. The van der Waals surface area contributed by atoms with E-state index in [0.717, 1.165) is 30.6 Å². The summed E-state index contributed by atoms with van der Waals surface area (Å²) in [6, 6.07) is 12.2. The number of ether oxygens (including phenoxy) is 1. The second-order valence-corrected chi connectivity index (χ2v) is 12.0. The predicted octanol–water partition coefficient (Wildman–Crippen LogP) is 5.43. The van der Waals surface area contributed by atoms with Gasteiger partial charge in [-0.25, -0.2) is 8.42 Å². The molecule has 0 saturated carbocycles. The Balaban J connectivity index is 1.59. The summed E-state index contributed by atoms with van der Waals surface area (Å²) < 4.78 is 33.1. The van der Waals surface area contributed by atoms with Gasteiger partial charge in [0.05, 0.1) is 12.1 Å². The SMILES string of the molecule is CCCCCC(=O)N(C/C=C/c1ccccc1OC)CCN1CCN(S(=O)(=O)c2cc(Cl)ccc2Cl)CC1. The van der Waals surface area contributed by atoms with E-state index in [2.05, 4.69) is 11.8 Å². The van der Waals surface area contributed by atoms with E-state index in [1.54, 1.807) is 13.2 Å². The number of methoxy groups -OCH3 is 1. The Morgan fingerprint density at radius 3 is 2.53 bits per heavy atom. The number of nitrogens with zero attached hydrogens (tertiary/aromatic N) is 3. The quantitative estimate of drug-likeness (QED) is 0.295. The van der Waals surface area contributed by atoms with Crippen molar-refractivity contribution in [2.75, 3.05) is 52.9 Å². The lowest BCUT2D eigenvalue weighted by Gasteiger charge is -2.35. The number of halogens is 2. The Kier molecular flexibility index (Phi) is 11.9. The van der Waals surface area contributed by atoms with E-state index in [-0.39, 0.29) is 15.8 Å². The number of carbonyl (C=O) groups excluding carboxylic acids is 1. The summed E-state index contributed by atoms with van der Waals surface area (Å²) in [5.74, 6) is 0.927. The Bertz CT molecular complexity index is 1200. The highest BCUT2D eigenvalue weighted by atomic mass is 35.5. The molecule has 1 aliphatic heterocycles. The summed E-state index contributed by atoms with van der Waals surface area (Å²) in [6.07, 6.45) is 7.48. The second kappa shape index (κ2) is 14.9. The number of carbonyl (C=O) groups is 1. The van der Waals surface area contributed by atoms with Gasteiger partial charge < -0.3 is 9.64 Å². The average molecular weight is 583 g/mol. The molecule has 0 aliphatic carbocycles. The number of hydrogen-bond acceptors (Lipinski definition) is 5. The summed E-state index contributed by atoms with van der Waals surface area (Å²) in [5.41, 5.74) is 0.963. The van der Waals surface area contributed by atoms with Crippen LogP contribution in [0.1, 0.15) is 38.2 Å². The summed E-state index contributed by atoms with van der Waals surface area (Å²) in [4.78, 5) is 17.1. The number of rotatable bonds is 13. The molecule has 1 saturated heterocycles. The molecule has 2 aromatic rings. The number of piperazine rings is 1. The number of hydrogen-bond donors (Lipinski definition) is 0. The molecule has 7 nitrogen and oxygen atoms in total. The third-order valence-corrected chi connectivity index (χ3v) is 9.25. The molecule has 1 aliphatic rings. The molecule has 0 unspecified atom stereocenters. The Morgan fingerprint density at radius 1 is 1.08 bits per heavy atom. The smallest absolute Gasteiger partial charge is 0.244 e. The van der Waals surface area contributed by atoms with E-state index >= 15 is 0 Å². The van der Waals surface area contributed by atoms with Crippen molar-refractivity contribution in [3.63, 3.8) is 0 Å². The zero-order valence-electron chi connectivity index (χ0n) is 22.1. The zero-order valence-corrected chi connectivity index (χ0v) is 24.4. The summed E-state index contributed by atoms with van der Waals surface area (Å²) in [5, 5.41) is 0.491. The first-order chi connectivity index (χ1) is 18.3. The Labute approximate surface area is 237 Å². The minimum atomic E-state index is -3.73. The molecule has 38 heavy (non-hydrogen) atoms. The molecule has 1 heterocycles. The van der Waals surface area contributed by atoms with Gasteiger partial charge in [0.2, 0.25) is 15.9 Å². The molecule has 208 valence electrons. The van der Waals surface area contributed by atoms with E-state index in [0.29, 0.717) is 57.3 Å². The summed E-state index contributed by atoms with van der Waals surface area (Å²) in [7, 11) is -2.09. The van der Waals surface area contributed by atoms with Crippen molar-refractivity contribution in [2.24, 2.45) is 0 Å². The van der Waals surface area contributed by atoms with Gasteiger partial charge in [0.1, 0.15) is 10.6 Å². The maximum absolute atomic E-state index is 13.1. The molecule has 0 atom stereocenters. The molecule has 10 heteroatoms. The van der Waals surface area contributed by atoms with Crippen LogP contribution in [0.2, 0.25) is 10.0 Å². The number of para-hydroxylation sites is 1. The van der Waals surface area contributed by atoms with Crippen LogP contribution in [0.25, 0.3) is 6.08 Å². The lowest BCUT2D eigenvalue weighted by atomic mass is 10.1. The lowest BCUT2D eigenvalue weighted by Crippen LogP contribution is -2.50. The van der Waals surface area contributed by atoms with Crippen LogP contribution in [-0.4, -0.2) is 81.4 Å². The largest absolute Gasteiger partial charge is 0.496 e. The van der Waals surface area contributed by atoms with Gasteiger partial charge in [0.15, 0.2) is 0 Å². The molecule has 2 aromatic carbocycles. The van der Waals surface area contributed by atoms with Gasteiger partial charge in [0.25, 0.3) is 0 Å². The van der Waals surface area contributed by atoms with E-state index < -0.39 is 10.0 Å². The minimum absolute atomic E-state index is 0.0331. The molecular weight excluding hydrogens is 545 g/mol. The number of unbranched alkanes of at least 4 members (excludes halogenated alkanes) is 2. The van der Waals surface area contributed by atoms with E-state index in [4.69, 9.17) is 27.9 Å². The van der Waals surface area contributed by atoms with Crippen LogP contribution in [-0.2, 0) is 14.8 Å². The van der Waals surface area contributed by atoms with Crippen LogP contribution in [0.15, 0.2) is 53.4 Å². The van der Waals surface area contributed by atoms with Gasteiger partial charge in [-0.15, -0.1) is 0 Å². The maximum Gasteiger partial charge on any atom is 0.244 e. The van der Waals surface area contributed by atoms with Crippen molar-refractivity contribution in [1.82, 2.24) is 14.1 Å². The number of amides is 1. The van der Waals surface area contributed by atoms with Gasteiger partial charge in [0, 0.05) is 62.8 Å². The third-order valence-electron chi connectivity index (χ3n) is 6.64. The number of benzene rings is 2. The van der Waals surface area contributed by atoms with Crippen LogP contribution >= 0.6 is 23.2 Å². The molecule has 0 radical (unpaired) electrons. The van der Waals surface area contributed by atoms with Crippen molar-refractivity contribution in [1.29, 1.82) is 0 Å². The van der Waals surface area contributed by atoms with Gasteiger partial charge >= 0.3 is 0 Å². The predicted molar refractivity (Wildman–Crippen MR) is 154 cm³/mol. The fraction of sp³-hybridized carbons (Fsp3) is 0.464. The third kappa shape index (κ3) is 8.45. The highest BCUT2D eigenvalue weighted by molar-refractivity contribution is 7.89. The van der Waals surface area contributed by atoms with Gasteiger partial charge in [-0.05, 0) is 30.7 Å².